The molecule has 0 radical (unpaired) electrons. The van der Waals surface area contributed by atoms with Gasteiger partial charge in [-0.15, -0.1) is 0 Å². The molecule has 1 aromatic heterocycles. The van der Waals surface area contributed by atoms with E-state index in [1.807, 2.05) is 49.4 Å². The van der Waals surface area contributed by atoms with Crippen LogP contribution in [0.3, 0.4) is 0 Å². The molecule has 0 fully saturated rings. The Morgan fingerprint density at radius 1 is 1.16 bits per heavy atom. The second-order valence-corrected chi connectivity index (χ2v) is 7.75. The first-order valence-corrected chi connectivity index (χ1v) is 10.4. The second kappa shape index (κ2) is 9.18. The lowest BCUT2D eigenvalue weighted by molar-refractivity contribution is -0.127. The lowest BCUT2D eigenvalue weighted by atomic mass is 10.1. The minimum absolute atomic E-state index is 0.138. The summed E-state index contributed by atoms with van der Waals surface area (Å²) in [6.07, 6.45) is 1.63. The van der Waals surface area contributed by atoms with E-state index in [-0.39, 0.29) is 18.2 Å². The first-order chi connectivity index (χ1) is 15.0. The van der Waals surface area contributed by atoms with Crippen LogP contribution in [-0.2, 0) is 9.59 Å². The number of carbonyl (C=O) groups excluding carboxylic acids is 2. The number of hydrogen-bond donors (Lipinski definition) is 1. The van der Waals surface area contributed by atoms with E-state index in [4.69, 9.17) is 16.3 Å². The van der Waals surface area contributed by atoms with Gasteiger partial charge in [0.05, 0.1) is 0 Å². The van der Waals surface area contributed by atoms with Crippen molar-refractivity contribution >= 4 is 34.9 Å². The van der Waals surface area contributed by atoms with Gasteiger partial charge >= 0.3 is 0 Å². The topological polar surface area (TPSA) is 71.5 Å². The van der Waals surface area contributed by atoms with Gasteiger partial charge in [0.25, 0.3) is 5.91 Å². The van der Waals surface area contributed by atoms with Crippen LogP contribution in [0.4, 0.5) is 11.5 Å². The first kappa shape index (κ1) is 20.9. The number of halogens is 1. The highest BCUT2D eigenvalue weighted by molar-refractivity contribution is 6.31. The fourth-order valence-corrected chi connectivity index (χ4v) is 3.63. The monoisotopic (exact) mass is 435 g/mol. The van der Waals surface area contributed by atoms with Gasteiger partial charge in [0.2, 0.25) is 12.0 Å². The summed E-state index contributed by atoms with van der Waals surface area (Å²) < 4.78 is 5.94. The number of aromatic nitrogens is 1. The maximum absolute atomic E-state index is 13.2. The van der Waals surface area contributed by atoms with Crippen LogP contribution in [0.15, 0.2) is 66.9 Å². The highest BCUT2D eigenvalue weighted by Crippen LogP contribution is 2.37. The normalized spacial score (nSPS) is 15.2. The largest absolute Gasteiger partial charge is 0.472 e. The molecule has 2 heterocycles. The fourth-order valence-electron chi connectivity index (χ4n) is 3.45. The summed E-state index contributed by atoms with van der Waals surface area (Å²) in [6, 6.07) is 18.3. The van der Waals surface area contributed by atoms with Crippen molar-refractivity contribution in [3.05, 3.63) is 83.0 Å². The Morgan fingerprint density at radius 2 is 1.97 bits per heavy atom. The van der Waals surface area contributed by atoms with Crippen LogP contribution in [-0.4, -0.2) is 23.3 Å². The van der Waals surface area contributed by atoms with Crippen molar-refractivity contribution in [3.8, 4) is 5.75 Å². The molecule has 1 unspecified atom stereocenters. The van der Waals surface area contributed by atoms with E-state index in [0.29, 0.717) is 35.2 Å². The van der Waals surface area contributed by atoms with E-state index in [0.717, 1.165) is 11.1 Å². The molecule has 0 saturated heterocycles. The molecule has 1 aliphatic heterocycles. The van der Waals surface area contributed by atoms with E-state index < -0.39 is 6.10 Å². The number of aryl methyl sites for hydroxylation is 1. The molecule has 1 aliphatic rings. The molecule has 1 atom stereocenters. The van der Waals surface area contributed by atoms with Crippen molar-refractivity contribution in [2.75, 3.05) is 16.8 Å². The maximum Gasteiger partial charge on any atom is 0.274 e. The number of nitrogens with zero attached hydrogens (tertiary/aromatic N) is 2. The third-order valence-electron chi connectivity index (χ3n) is 5.09. The molecule has 158 valence electrons. The zero-order valence-electron chi connectivity index (χ0n) is 17.0. The Balaban J connectivity index is 1.43. The number of amides is 2. The van der Waals surface area contributed by atoms with Gasteiger partial charge in [-0.05, 0) is 43.2 Å². The van der Waals surface area contributed by atoms with Crippen LogP contribution in [0.25, 0.3) is 0 Å². The number of hydrogen-bond acceptors (Lipinski definition) is 4. The fraction of sp³-hybridized carbons (Fsp3) is 0.208. The van der Waals surface area contributed by atoms with Gasteiger partial charge in [0.15, 0.2) is 11.6 Å². The van der Waals surface area contributed by atoms with Crippen LogP contribution in [0.2, 0.25) is 5.02 Å². The number of nitrogens with one attached hydrogen (secondary N) is 1. The Morgan fingerprint density at radius 3 is 2.74 bits per heavy atom. The van der Waals surface area contributed by atoms with Gasteiger partial charge in [-0.2, -0.15) is 0 Å². The van der Waals surface area contributed by atoms with Gasteiger partial charge < -0.3 is 10.1 Å². The van der Waals surface area contributed by atoms with Gasteiger partial charge in [-0.25, -0.2) is 4.98 Å². The molecular weight excluding hydrogens is 414 g/mol. The minimum Gasteiger partial charge on any atom is -0.472 e. The zero-order chi connectivity index (χ0) is 21.8. The number of pyridine rings is 1. The first-order valence-electron chi connectivity index (χ1n) is 10.1. The van der Waals surface area contributed by atoms with Crippen LogP contribution < -0.4 is 15.0 Å². The van der Waals surface area contributed by atoms with Crippen molar-refractivity contribution in [2.45, 2.75) is 25.9 Å². The van der Waals surface area contributed by atoms with Gasteiger partial charge in [-0.3, -0.25) is 14.5 Å². The molecule has 0 saturated carbocycles. The van der Waals surface area contributed by atoms with Gasteiger partial charge in [0, 0.05) is 35.4 Å². The Hall–Kier alpha value is -3.38. The number of carbonyl (C=O) groups is 2. The number of fused-ring (bicyclic) bond motifs is 1. The van der Waals surface area contributed by atoms with E-state index in [9.17, 15) is 9.59 Å². The number of anilines is 2. The predicted octanol–water partition coefficient (Wildman–Crippen LogP) is 4.93. The maximum atomic E-state index is 13.2. The van der Waals surface area contributed by atoms with E-state index in [1.54, 1.807) is 29.3 Å². The van der Waals surface area contributed by atoms with Crippen LogP contribution >= 0.6 is 11.6 Å². The van der Waals surface area contributed by atoms with E-state index in [2.05, 4.69) is 10.3 Å². The summed E-state index contributed by atoms with van der Waals surface area (Å²) in [4.78, 5) is 31.5. The molecule has 0 aliphatic carbocycles. The Bertz CT molecular complexity index is 1100. The lowest BCUT2D eigenvalue weighted by Gasteiger charge is -2.33. The quantitative estimate of drug-likeness (QED) is 0.596. The van der Waals surface area contributed by atoms with Crippen LogP contribution in [0, 0.1) is 6.92 Å². The third-order valence-corrected chi connectivity index (χ3v) is 5.49. The zero-order valence-corrected chi connectivity index (χ0v) is 17.8. The number of benzene rings is 2. The Labute approximate surface area is 185 Å². The molecule has 0 spiro atoms. The van der Waals surface area contributed by atoms with Crippen molar-refractivity contribution in [3.63, 3.8) is 0 Å². The molecule has 1 N–H and O–H groups in total. The number of ether oxygens (including phenoxy) is 1. The summed E-state index contributed by atoms with van der Waals surface area (Å²) in [6.45, 7) is 2.26. The molecule has 3 aromatic rings. The molecule has 0 bridgehead atoms. The highest BCUT2D eigenvalue weighted by Gasteiger charge is 2.36. The van der Waals surface area contributed by atoms with E-state index >= 15 is 0 Å². The molecule has 2 aromatic carbocycles. The SMILES string of the molecule is Cc1ccc(NC(=O)CCCN2C(=O)C(c3ccccc3)Oc3cccnc32)cc1Cl. The van der Waals surface area contributed by atoms with E-state index in [1.165, 1.54) is 0 Å². The molecule has 6 nitrogen and oxygen atoms in total. The third kappa shape index (κ3) is 4.70. The molecule has 7 heteroatoms. The van der Waals surface area contributed by atoms with Crippen LogP contribution in [0.1, 0.15) is 30.1 Å². The Kier molecular flexibility index (Phi) is 6.18. The van der Waals surface area contributed by atoms with Gasteiger partial charge in [-0.1, -0.05) is 48.0 Å². The summed E-state index contributed by atoms with van der Waals surface area (Å²) in [5.74, 6) is 0.699. The second-order valence-electron chi connectivity index (χ2n) is 7.34. The van der Waals surface area contributed by atoms with Crippen molar-refractivity contribution in [1.29, 1.82) is 0 Å². The minimum atomic E-state index is -0.735. The number of rotatable bonds is 6. The smallest absolute Gasteiger partial charge is 0.274 e. The average Bonchev–Trinajstić information content (AvgIpc) is 2.78. The lowest BCUT2D eigenvalue weighted by Crippen LogP contribution is -2.42. The van der Waals surface area contributed by atoms with Crippen molar-refractivity contribution < 1.29 is 14.3 Å². The standard InChI is InChI=1S/C24H22ClN3O3/c1-16-11-12-18(15-19(16)25)27-21(29)10-6-14-28-23-20(9-5-13-26-23)31-22(24(28)30)17-7-3-2-4-8-17/h2-5,7-9,11-13,15,22H,6,10,14H2,1H3,(H,27,29). The summed E-state index contributed by atoms with van der Waals surface area (Å²) in [5.41, 5.74) is 2.38. The molecule has 4 rings (SSSR count). The van der Waals surface area contributed by atoms with Gasteiger partial charge in [0.1, 0.15) is 0 Å². The van der Waals surface area contributed by atoms with Crippen molar-refractivity contribution in [2.24, 2.45) is 0 Å². The van der Waals surface area contributed by atoms with Crippen LogP contribution in [0.5, 0.6) is 5.75 Å². The molecule has 2 amide bonds. The highest BCUT2D eigenvalue weighted by atomic mass is 35.5. The summed E-state index contributed by atoms with van der Waals surface area (Å²) >= 11 is 6.12. The van der Waals surface area contributed by atoms with Crippen molar-refractivity contribution in [1.82, 2.24) is 4.98 Å². The summed E-state index contributed by atoms with van der Waals surface area (Å²) in [5, 5.41) is 3.45. The molecule has 31 heavy (non-hydrogen) atoms. The average molecular weight is 436 g/mol. The molecular formula is C24H22ClN3O3. The summed E-state index contributed by atoms with van der Waals surface area (Å²) in [7, 11) is 0. The predicted molar refractivity (Wildman–Crippen MR) is 120 cm³/mol.